The van der Waals surface area contributed by atoms with Gasteiger partial charge in [0.25, 0.3) is 5.56 Å². The van der Waals surface area contributed by atoms with Gasteiger partial charge in [0.1, 0.15) is 0 Å². The molecule has 0 atom stereocenters. The van der Waals surface area contributed by atoms with Crippen LogP contribution in [-0.4, -0.2) is 41.7 Å². The Morgan fingerprint density at radius 3 is 2.71 bits per heavy atom. The van der Waals surface area contributed by atoms with Crippen LogP contribution in [0.3, 0.4) is 0 Å². The number of nitrogens with one attached hydrogen (secondary N) is 1. The maximum absolute atomic E-state index is 11.7. The van der Waals surface area contributed by atoms with E-state index in [1.54, 1.807) is 29.8 Å². The summed E-state index contributed by atoms with van der Waals surface area (Å²) in [5, 5.41) is 17.8. The van der Waals surface area contributed by atoms with Crippen LogP contribution < -0.4 is 5.56 Å². The number of aryl methyl sites for hydroxylation is 1. The molecule has 0 aliphatic rings. The number of hydrogen-bond acceptors (Lipinski definition) is 5. The molecule has 0 aliphatic heterocycles. The van der Waals surface area contributed by atoms with E-state index in [0.717, 1.165) is 5.56 Å². The fourth-order valence-corrected chi connectivity index (χ4v) is 2.40. The Kier molecular flexibility index (Phi) is 3.60. The molecule has 0 saturated heterocycles. The minimum Gasteiger partial charge on any atom is -0.481 e. The zero-order chi connectivity index (χ0) is 17.4. The number of fused-ring (bicyclic) bond motifs is 1. The predicted octanol–water partition coefficient (Wildman–Crippen LogP) is 0.743. The molecule has 122 valence electrons. The Hall–Kier alpha value is -3.49. The second-order valence-electron chi connectivity index (χ2n) is 5.22. The lowest BCUT2D eigenvalue weighted by Gasteiger charge is -2.08. The number of aromatic amines is 1. The van der Waals surface area contributed by atoms with Crippen LogP contribution >= 0.6 is 0 Å². The molecule has 0 radical (unpaired) electrons. The summed E-state index contributed by atoms with van der Waals surface area (Å²) >= 11 is 0. The summed E-state index contributed by atoms with van der Waals surface area (Å²) in [5.41, 5.74) is 1.19. The van der Waals surface area contributed by atoms with Crippen molar-refractivity contribution in [3.8, 4) is 5.69 Å². The molecule has 0 saturated carbocycles. The summed E-state index contributed by atoms with van der Waals surface area (Å²) in [4.78, 5) is 43.9. The number of carboxylic acids is 2. The molecule has 2 aromatic heterocycles. The van der Waals surface area contributed by atoms with Gasteiger partial charge in [0.2, 0.25) is 5.69 Å². The van der Waals surface area contributed by atoms with Gasteiger partial charge >= 0.3 is 11.9 Å². The molecule has 1 aromatic carbocycles. The molecule has 0 aliphatic carbocycles. The molecule has 0 amide bonds. The van der Waals surface area contributed by atoms with Crippen LogP contribution in [0.5, 0.6) is 0 Å². The van der Waals surface area contributed by atoms with Crippen molar-refractivity contribution in [3.05, 3.63) is 52.0 Å². The molecule has 0 unspecified atom stereocenters. The number of rotatable bonds is 4. The molecule has 24 heavy (non-hydrogen) atoms. The highest BCUT2D eigenvalue weighted by Crippen LogP contribution is 2.20. The summed E-state index contributed by atoms with van der Waals surface area (Å²) in [6, 6.07) is 3.28. The number of imidazole rings is 1. The van der Waals surface area contributed by atoms with E-state index in [2.05, 4.69) is 15.0 Å². The highest BCUT2D eigenvalue weighted by atomic mass is 16.4. The molecule has 9 heteroatoms. The van der Waals surface area contributed by atoms with E-state index < -0.39 is 23.2 Å². The zero-order valence-corrected chi connectivity index (χ0v) is 12.5. The van der Waals surface area contributed by atoms with E-state index in [9.17, 15) is 14.4 Å². The van der Waals surface area contributed by atoms with Crippen LogP contribution in [0, 0.1) is 6.92 Å². The quantitative estimate of drug-likeness (QED) is 0.642. The summed E-state index contributed by atoms with van der Waals surface area (Å²) < 4.78 is 1.63. The van der Waals surface area contributed by atoms with Gasteiger partial charge in [-0.05, 0) is 24.6 Å². The number of nitrogens with zero attached hydrogens (tertiary/aromatic N) is 3. The van der Waals surface area contributed by atoms with Gasteiger partial charge in [0.15, 0.2) is 0 Å². The van der Waals surface area contributed by atoms with E-state index in [-0.39, 0.29) is 6.42 Å². The molecule has 0 fully saturated rings. The highest BCUT2D eigenvalue weighted by Gasteiger charge is 2.14. The van der Waals surface area contributed by atoms with Gasteiger partial charge in [-0.2, -0.15) is 0 Å². The van der Waals surface area contributed by atoms with Gasteiger partial charge in [-0.1, -0.05) is 0 Å². The van der Waals surface area contributed by atoms with Gasteiger partial charge in [0, 0.05) is 6.20 Å². The van der Waals surface area contributed by atoms with Gasteiger partial charge in [-0.15, -0.1) is 0 Å². The first kappa shape index (κ1) is 15.4. The van der Waals surface area contributed by atoms with Gasteiger partial charge in [-0.25, -0.2) is 14.8 Å². The minimum atomic E-state index is -1.41. The Bertz CT molecular complexity index is 1030. The summed E-state index contributed by atoms with van der Waals surface area (Å²) in [7, 11) is 0. The third kappa shape index (κ3) is 2.74. The summed E-state index contributed by atoms with van der Waals surface area (Å²) in [6.07, 6.45) is 2.84. The average molecular weight is 328 g/mol. The largest absolute Gasteiger partial charge is 0.481 e. The van der Waals surface area contributed by atoms with Crippen LogP contribution in [0.1, 0.15) is 21.7 Å². The fourth-order valence-electron chi connectivity index (χ4n) is 2.40. The van der Waals surface area contributed by atoms with Gasteiger partial charge in [0.05, 0.1) is 35.2 Å². The molecule has 2 heterocycles. The molecule has 0 spiro atoms. The first-order valence-electron chi connectivity index (χ1n) is 6.88. The lowest BCUT2D eigenvalue weighted by atomic mass is 10.1. The molecule has 3 N–H and O–H groups in total. The van der Waals surface area contributed by atoms with Crippen LogP contribution in [-0.2, 0) is 11.2 Å². The molecule has 0 bridgehead atoms. The Labute approximate surface area is 134 Å². The maximum Gasteiger partial charge on any atom is 0.360 e. The van der Waals surface area contributed by atoms with Crippen LogP contribution in [0.2, 0.25) is 0 Å². The Balaban J connectivity index is 2.14. The van der Waals surface area contributed by atoms with Crippen molar-refractivity contribution in [2.75, 3.05) is 0 Å². The highest BCUT2D eigenvalue weighted by molar-refractivity contribution is 5.88. The SMILES string of the molecule is Cc1cc2[nH]c(=O)c(C(=O)O)nc2cc1-n1cnc(CC(=O)O)c1. The normalized spacial score (nSPS) is 10.9. The van der Waals surface area contributed by atoms with E-state index in [0.29, 0.717) is 22.4 Å². The Morgan fingerprint density at radius 1 is 1.29 bits per heavy atom. The number of aromatic carboxylic acids is 1. The smallest absolute Gasteiger partial charge is 0.360 e. The second kappa shape index (κ2) is 5.61. The van der Waals surface area contributed by atoms with E-state index in [1.165, 1.54) is 6.33 Å². The standard InChI is InChI=1S/C15H12N4O5/c1-7-2-9-10(17-13(15(23)24)14(22)18-9)4-11(7)19-5-8(16-6-19)3-12(20)21/h2,4-6H,3H2,1H3,(H,18,22)(H,20,21)(H,23,24). The van der Waals surface area contributed by atoms with E-state index in [1.807, 2.05) is 0 Å². The number of aliphatic carboxylic acids is 1. The maximum atomic E-state index is 11.7. The first-order valence-corrected chi connectivity index (χ1v) is 6.88. The number of carbonyl (C=O) groups is 2. The number of H-pyrrole nitrogens is 1. The second-order valence-corrected chi connectivity index (χ2v) is 5.22. The minimum absolute atomic E-state index is 0.200. The van der Waals surface area contributed by atoms with Crippen molar-refractivity contribution in [2.24, 2.45) is 0 Å². The van der Waals surface area contributed by atoms with E-state index in [4.69, 9.17) is 10.2 Å². The summed E-state index contributed by atoms with van der Waals surface area (Å²) in [6.45, 7) is 1.80. The number of benzene rings is 1. The fraction of sp³-hybridized carbons (Fsp3) is 0.133. The topological polar surface area (TPSA) is 138 Å². The number of carboxylic acid groups (broad SMARTS) is 2. The van der Waals surface area contributed by atoms with Crippen molar-refractivity contribution >= 4 is 23.0 Å². The lowest BCUT2D eigenvalue weighted by Crippen LogP contribution is -2.20. The van der Waals surface area contributed by atoms with Crippen LogP contribution in [0.4, 0.5) is 0 Å². The molecule has 9 nitrogen and oxygen atoms in total. The molecule has 3 rings (SSSR count). The molecule has 3 aromatic rings. The number of aromatic nitrogens is 4. The van der Waals surface area contributed by atoms with Crippen LogP contribution in [0.25, 0.3) is 16.7 Å². The monoisotopic (exact) mass is 328 g/mol. The Morgan fingerprint density at radius 2 is 2.04 bits per heavy atom. The van der Waals surface area contributed by atoms with Crippen molar-refractivity contribution in [2.45, 2.75) is 13.3 Å². The molecular weight excluding hydrogens is 316 g/mol. The van der Waals surface area contributed by atoms with Crippen molar-refractivity contribution in [1.82, 2.24) is 19.5 Å². The van der Waals surface area contributed by atoms with Crippen LogP contribution in [0.15, 0.2) is 29.5 Å². The first-order chi connectivity index (χ1) is 11.3. The van der Waals surface area contributed by atoms with Crippen molar-refractivity contribution in [3.63, 3.8) is 0 Å². The molecular formula is C15H12N4O5. The van der Waals surface area contributed by atoms with Gasteiger partial charge < -0.3 is 19.8 Å². The number of hydrogen-bond donors (Lipinski definition) is 3. The van der Waals surface area contributed by atoms with Crippen molar-refractivity contribution in [1.29, 1.82) is 0 Å². The third-order valence-corrected chi connectivity index (χ3v) is 3.46. The lowest BCUT2D eigenvalue weighted by molar-refractivity contribution is -0.136. The zero-order valence-electron chi connectivity index (χ0n) is 12.5. The van der Waals surface area contributed by atoms with Crippen molar-refractivity contribution < 1.29 is 19.8 Å². The van der Waals surface area contributed by atoms with Gasteiger partial charge in [-0.3, -0.25) is 9.59 Å². The predicted molar refractivity (Wildman–Crippen MR) is 82.5 cm³/mol. The average Bonchev–Trinajstić information content (AvgIpc) is 2.93. The van der Waals surface area contributed by atoms with E-state index >= 15 is 0 Å². The summed E-state index contributed by atoms with van der Waals surface area (Å²) in [5.74, 6) is -2.40. The third-order valence-electron chi connectivity index (χ3n) is 3.46.